The number of carbonyl (C=O) groups excluding carboxylic acids is 1. The van der Waals surface area contributed by atoms with Gasteiger partial charge in [-0.2, -0.15) is 0 Å². The number of rotatable bonds is 6. The number of aliphatic hydroxyl groups excluding tert-OH is 1. The molecule has 2 amide bonds. The van der Waals surface area contributed by atoms with Crippen molar-refractivity contribution in [1.29, 1.82) is 0 Å². The van der Waals surface area contributed by atoms with E-state index < -0.39 is 0 Å². The molecule has 1 atom stereocenters. The summed E-state index contributed by atoms with van der Waals surface area (Å²) >= 11 is 0. The number of amides is 2. The standard InChI is InChI=1S/C19H29N3O2/c1-15-2-4-16(5-3-15)12-20-19(24)22-10-9-21(13-17-6-7-17)18(14-22)8-11-23/h2-5,17-18,23H,6-14H2,1H3,(H,20,24)/t18-/m0/s1. The largest absolute Gasteiger partial charge is 0.396 e. The molecule has 0 unspecified atom stereocenters. The van der Waals surface area contributed by atoms with E-state index in [0.717, 1.165) is 37.5 Å². The molecule has 1 aliphatic heterocycles. The van der Waals surface area contributed by atoms with Crippen molar-refractivity contribution in [2.45, 2.75) is 38.8 Å². The molecule has 24 heavy (non-hydrogen) atoms. The van der Waals surface area contributed by atoms with Crippen LogP contribution in [-0.2, 0) is 6.54 Å². The summed E-state index contributed by atoms with van der Waals surface area (Å²) in [5.74, 6) is 0.841. The summed E-state index contributed by atoms with van der Waals surface area (Å²) < 4.78 is 0. The van der Waals surface area contributed by atoms with Gasteiger partial charge in [0.15, 0.2) is 0 Å². The molecule has 0 radical (unpaired) electrons. The van der Waals surface area contributed by atoms with Gasteiger partial charge in [-0.25, -0.2) is 4.79 Å². The lowest BCUT2D eigenvalue weighted by atomic mass is 10.1. The predicted molar refractivity (Wildman–Crippen MR) is 94.8 cm³/mol. The Morgan fingerprint density at radius 1 is 1.25 bits per heavy atom. The van der Waals surface area contributed by atoms with Crippen LogP contribution in [0.3, 0.4) is 0 Å². The molecule has 5 nitrogen and oxygen atoms in total. The Morgan fingerprint density at radius 2 is 2.00 bits per heavy atom. The summed E-state index contributed by atoms with van der Waals surface area (Å²) in [6, 6.07) is 8.53. The van der Waals surface area contributed by atoms with Crippen LogP contribution >= 0.6 is 0 Å². The molecule has 0 aromatic heterocycles. The Hall–Kier alpha value is -1.59. The second kappa shape index (κ2) is 7.99. The summed E-state index contributed by atoms with van der Waals surface area (Å²) in [5, 5.41) is 12.4. The van der Waals surface area contributed by atoms with Crippen LogP contribution in [0, 0.1) is 12.8 Å². The Balaban J connectivity index is 1.50. The number of nitrogens with zero attached hydrogens (tertiary/aromatic N) is 2. The minimum absolute atomic E-state index is 0.00425. The zero-order valence-corrected chi connectivity index (χ0v) is 14.6. The molecular formula is C19H29N3O2. The number of aliphatic hydroxyl groups is 1. The van der Waals surface area contributed by atoms with Gasteiger partial charge in [-0.1, -0.05) is 29.8 Å². The molecular weight excluding hydrogens is 302 g/mol. The van der Waals surface area contributed by atoms with Crippen molar-refractivity contribution in [3.63, 3.8) is 0 Å². The van der Waals surface area contributed by atoms with E-state index in [-0.39, 0.29) is 18.7 Å². The molecule has 5 heteroatoms. The minimum Gasteiger partial charge on any atom is -0.396 e. The average molecular weight is 331 g/mol. The van der Waals surface area contributed by atoms with Gasteiger partial charge < -0.3 is 15.3 Å². The molecule has 0 spiro atoms. The predicted octanol–water partition coefficient (Wildman–Crippen LogP) is 1.98. The Morgan fingerprint density at radius 3 is 2.67 bits per heavy atom. The quantitative estimate of drug-likeness (QED) is 0.838. The van der Waals surface area contributed by atoms with Crippen LogP contribution in [0.15, 0.2) is 24.3 Å². The molecule has 1 saturated heterocycles. The van der Waals surface area contributed by atoms with E-state index in [0.29, 0.717) is 13.1 Å². The van der Waals surface area contributed by atoms with Crippen LogP contribution in [-0.4, -0.2) is 59.8 Å². The third-order valence-corrected chi connectivity index (χ3v) is 5.11. The van der Waals surface area contributed by atoms with Crippen molar-refractivity contribution < 1.29 is 9.90 Å². The summed E-state index contributed by atoms with van der Waals surface area (Å²) in [6.07, 6.45) is 3.42. The maximum atomic E-state index is 12.5. The zero-order chi connectivity index (χ0) is 16.9. The van der Waals surface area contributed by atoms with Crippen molar-refractivity contribution >= 4 is 6.03 Å². The molecule has 1 saturated carbocycles. The van der Waals surface area contributed by atoms with Crippen molar-refractivity contribution in [2.75, 3.05) is 32.8 Å². The van der Waals surface area contributed by atoms with Crippen molar-refractivity contribution in [3.05, 3.63) is 35.4 Å². The summed E-state index contributed by atoms with van der Waals surface area (Å²) in [4.78, 5) is 16.8. The van der Waals surface area contributed by atoms with Crippen molar-refractivity contribution in [2.24, 2.45) is 5.92 Å². The first-order valence-electron chi connectivity index (χ1n) is 9.09. The van der Waals surface area contributed by atoms with Crippen LogP contribution < -0.4 is 5.32 Å². The highest BCUT2D eigenvalue weighted by molar-refractivity contribution is 5.74. The monoisotopic (exact) mass is 331 g/mol. The summed E-state index contributed by atoms with van der Waals surface area (Å²) in [5.41, 5.74) is 2.34. The number of benzene rings is 1. The Bertz CT molecular complexity index is 542. The normalized spacial score (nSPS) is 21.8. The van der Waals surface area contributed by atoms with E-state index in [1.165, 1.54) is 18.4 Å². The number of aryl methyl sites for hydroxylation is 1. The first kappa shape index (κ1) is 17.2. The maximum absolute atomic E-state index is 12.5. The van der Waals surface area contributed by atoms with Gasteiger partial charge in [0.2, 0.25) is 0 Å². The van der Waals surface area contributed by atoms with Crippen LogP contribution in [0.5, 0.6) is 0 Å². The van der Waals surface area contributed by atoms with E-state index >= 15 is 0 Å². The molecule has 1 aliphatic carbocycles. The fourth-order valence-corrected chi connectivity index (χ4v) is 3.37. The molecule has 2 aliphatic rings. The van der Waals surface area contributed by atoms with E-state index in [9.17, 15) is 9.90 Å². The third-order valence-electron chi connectivity index (χ3n) is 5.11. The number of carbonyl (C=O) groups is 1. The average Bonchev–Trinajstić information content (AvgIpc) is 3.40. The molecule has 2 N–H and O–H groups in total. The molecule has 1 aromatic rings. The topological polar surface area (TPSA) is 55.8 Å². The summed E-state index contributed by atoms with van der Waals surface area (Å²) in [6.45, 7) is 6.34. The van der Waals surface area contributed by atoms with Crippen molar-refractivity contribution in [1.82, 2.24) is 15.1 Å². The summed E-state index contributed by atoms with van der Waals surface area (Å²) in [7, 11) is 0. The van der Waals surface area contributed by atoms with E-state index in [2.05, 4.69) is 41.4 Å². The molecule has 3 rings (SSSR count). The van der Waals surface area contributed by atoms with Crippen LogP contribution in [0.1, 0.15) is 30.4 Å². The smallest absolute Gasteiger partial charge is 0.317 e. The van der Waals surface area contributed by atoms with Gasteiger partial charge in [-0.05, 0) is 37.7 Å². The van der Waals surface area contributed by atoms with E-state index in [4.69, 9.17) is 0 Å². The lowest BCUT2D eigenvalue weighted by molar-refractivity contribution is 0.0703. The highest BCUT2D eigenvalue weighted by Gasteiger charge is 2.33. The number of urea groups is 1. The third kappa shape index (κ3) is 4.71. The van der Waals surface area contributed by atoms with Crippen LogP contribution in [0.25, 0.3) is 0 Å². The second-order valence-electron chi connectivity index (χ2n) is 7.19. The van der Waals surface area contributed by atoms with E-state index in [1.807, 2.05) is 4.90 Å². The van der Waals surface area contributed by atoms with Gasteiger partial charge in [-0.3, -0.25) is 4.90 Å². The van der Waals surface area contributed by atoms with Gasteiger partial charge in [-0.15, -0.1) is 0 Å². The van der Waals surface area contributed by atoms with E-state index in [1.54, 1.807) is 0 Å². The fraction of sp³-hybridized carbons (Fsp3) is 0.632. The SMILES string of the molecule is Cc1ccc(CNC(=O)N2CCN(CC3CC3)[C@@H](CCO)C2)cc1. The van der Waals surface area contributed by atoms with Gasteiger partial charge in [0.1, 0.15) is 0 Å². The maximum Gasteiger partial charge on any atom is 0.317 e. The van der Waals surface area contributed by atoms with Crippen molar-refractivity contribution in [3.8, 4) is 0 Å². The molecule has 0 bridgehead atoms. The fourth-order valence-electron chi connectivity index (χ4n) is 3.37. The first-order chi connectivity index (χ1) is 11.7. The van der Waals surface area contributed by atoms with Gasteiger partial charge in [0, 0.05) is 45.4 Å². The number of piperazine rings is 1. The van der Waals surface area contributed by atoms with Gasteiger partial charge in [0.05, 0.1) is 0 Å². The Kier molecular flexibility index (Phi) is 5.74. The second-order valence-corrected chi connectivity index (χ2v) is 7.19. The molecule has 2 fully saturated rings. The number of nitrogens with one attached hydrogen (secondary N) is 1. The molecule has 132 valence electrons. The highest BCUT2D eigenvalue weighted by atomic mass is 16.3. The van der Waals surface area contributed by atoms with Crippen LogP contribution in [0.4, 0.5) is 4.79 Å². The lowest BCUT2D eigenvalue weighted by Crippen LogP contribution is -2.57. The number of hydrogen-bond donors (Lipinski definition) is 2. The molecule has 1 aromatic carbocycles. The lowest BCUT2D eigenvalue weighted by Gasteiger charge is -2.41. The Labute approximate surface area is 144 Å². The van der Waals surface area contributed by atoms with Gasteiger partial charge >= 0.3 is 6.03 Å². The zero-order valence-electron chi connectivity index (χ0n) is 14.6. The number of hydrogen-bond acceptors (Lipinski definition) is 3. The van der Waals surface area contributed by atoms with Crippen LogP contribution in [0.2, 0.25) is 0 Å². The molecule has 1 heterocycles. The highest BCUT2D eigenvalue weighted by Crippen LogP contribution is 2.31. The van der Waals surface area contributed by atoms with Gasteiger partial charge in [0.25, 0.3) is 0 Å². The minimum atomic E-state index is 0.00425. The first-order valence-corrected chi connectivity index (χ1v) is 9.09.